The highest BCUT2D eigenvalue weighted by Crippen LogP contribution is 2.17. The van der Waals surface area contributed by atoms with Gasteiger partial charge in [0, 0.05) is 31.8 Å². The second kappa shape index (κ2) is 6.43. The third-order valence-corrected chi connectivity index (χ3v) is 3.28. The Morgan fingerprint density at radius 2 is 2.16 bits per heavy atom. The lowest BCUT2D eigenvalue weighted by atomic mass is 10.1. The molecule has 5 nitrogen and oxygen atoms in total. The maximum Gasteiger partial charge on any atom is 0.260 e. The number of nitrogen functional groups attached to an aromatic ring is 1. The first-order chi connectivity index (χ1) is 9.19. The number of hydrogen-bond acceptors (Lipinski definition) is 4. The minimum absolute atomic E-state index is 0.0235. The van der Waals surface area contributed by atoms with Crippen molar-refractivity contribution in [2.75, 3.05) is 39.1 Å². The van der Waals surface area contributed by atoms with Gasteiger partial charge in [-0.3, -0.25) is 4.79 Å². The molecule has 0 saturated carbocycles. The van der Waals surface area contributed by atoms with Crippen LogP contribution in [0.3, 0.4) is 0 Å². The molecule has 0 spiro atoms. The van der Waals surface area contributed by atoms with Gasteiger partial charge in [-0.2, -0.15) is 0 Å². The van der Waals surface area contributed by atoms with E-state index in [0.29, 0.717) is 24.0 Å². The molecule has 2 rings (SSSR count). The van der Waals surface area contributed by atoms with Gasteiger partial charge in [0.25, 0.3) is 5.91 Å². The van der Waals surface area contributed by atoms with Crippen molar-refractivity contribution in [3.8, 4) is 5.75 Å². The topological polar surface area (TPSA) is 64.8 Å². The minimum atomic E-state index is 0.0235. The SMILES string of the molecule is COCC1CCN(C(=O)COc2ccc(N)cc2)C1. The average molecular weight is 264 g/mol. The molecule has 1 saturated heterocycles. The number of methoxy groups -OCH3 is 1. The summed E-state index contributed by atoms with van der Waals surface area (Å²) in [6.07, 6.45) is 1.00. The van der Waals surface area contributed by atoms with E-state index < -0.39 is 0 Å². The number of rotatable bonds is 5. The van der Waals surface area contributed by atoms with Crippen molar-refractivity contribution in [3.05, 3.63) is 24.3 Å². The van der Waals surface area contributed by atoms with Crippen LogP contribution in [0.1, 0.15) is 6.42 Å². The Kier molecular flexibility index (Phi) is 4.63. The minimum Gasteiger partial charge on any atom is -0.484 e. The number of ether oxygens (including phenoxy) is 2. The first-order valence-electron chi connectivity index (χ1n) is 6.44. The van der Waals surface area contributed by atoms with Crippen molar-refractivity contribution >= 4 is 11.6 Å². The molecular weight excluding hydrogens is 244 g/mol. The summed E-state index contributed by atoms with van der Waals surface area (Å²) in [5.74, 6) is 1.14. The van der Waals surface area contributed by atoms with E-state index in [0.717, 1.165) is 19.5 Å². The number of carbonyl (C=O) groups is 1. The molecule has 2 N–H and O–H groups in total. The van der Waals surface area contributed by atoms with Crippen LogP contribution < -0.4 is 10.5 Å². The number of nitrogens with two attached hydrogens (primary N) is 1. The Hall–Kier alpha value is -1.75. The summed E-state index contributed by atoms with van der Waals surface area (Å²) in [5, 5.41) is 0. The standard InChI is InChI=1S/C14H20N2O3/c1-18-9-11-6-7-16(8-11)14(17)10-19-13-4-2-12(15)3-5-13/h2-5,11H,6-10,15H2,1H3. The molecule has 0 radical (unpaired) electrons. The van der Waals surface area contributed by atoms with Gasteiger partial charge < -0.3 is 20.1 Å². The van der Waals surface area contributed by atoms with Gasteiger partial charge in [0.05, 0.1) is 6.61 Å². The Morgan fingerprint density at radius 1 is 1.42 bits per heavy atom. The van der Waals surface area contributed by atoms with Crippen molar-refractivity contribution in [1.82, 2.24) is 4.90 Å². The van der Waals surface area contributed by atoms with Crippen LogP contribution in [-0.4, -0.2) is 44.2 Å². The Labute approximate surface area is 113 Å². The van der Waals surface area contributed by atoms with Crippen LogP contribution in [-0.2, 0) is 9.53 Å². The van der Waals surface area contributed by atoms with E-state index >= 15 is 0 Å². The van der Waals surface area contributed by atoms with Crippen LogP contribution in [0.15, 0.2) is 24.3 Å². The van der Waals surface area contributed by atoms with Crippen molar-refractivity contribution in [1.29, 1.82) is 0 Å². The Bertz CT molecular complexity index is 419. The molecular formula is C14H20N2O3. The summed E-state index contributed by atoms with van der Waals surface area (Å²) in [5.41, 5.74) is 6.26. The van der Waals surface area contributed by atoms with Gasteiger partial charge in [0.1, 0.15) is 5.75 Å². The summed E-state index contributed by atoms with van der Waals surface area (Å²) in [6, 6.07) is 7.04. The lowest BCUT2D eigenvalue weighted by Gasteiger charge is -2.16. The van der Waals surface area contributed by atoms with Gasteiger partial charge in [-0.15, -0.1) is 0 Å². The normalized spacial score (nSPS) is 18.6. The smallest absolute Gasteiger partial charge is 0.260 e. The van der Waals surface area contributed by atoms with E-state index in [-0.39, 0.29) is 12.5 Å². The average Bonchev–Trinajstić information content (AvgIpc) is 2.87. The molecule has 1 heterocycles. The molecule has 1 aliphatic heterocycles. The highest BCUT2D eigenvalue weighted by atomic mass is 16.5. The number of hydrogen-bond donors (Lipinski definition) is 1. The zero-order valence-electron chi connectivity index (χ0n) is 11.2. The molecule has 5 heteroatoms. The predicted molar refractivity (Wildman–Crippen MR) is 72.9 cm³/mol. The number of anilines is 1. The van der Waals surface area contributed by atoms with E-state index in [2.05, 4.69) is 0 Å². The van der Waals surface area contributed by atoms with Crippen molar-refractivity contribution in [2.45, 2.75) is 6.42 Å². The third-order valence-electron chi connectivity index (χ3n) is 3.28. The van der Waals surface area contributed by atoms with Crippen molar-refractivity contribution < 1.29 is 14.3 Å². The molecule has 1 aliphatic rings. The largest absolute Gasteiger partial charge is 0.484 e. The molecule has 1 fully saturated rings. The highest BCUT2D eigenvalue weighted by Gasteiger charge is 2.26. The Morgan fingerprint density at radius 3 is 2.84 bits per heavy atom. The lowest BCUT2D eigenvalue weighted by Crippen LogP contribution is -2.33. The van der Waals surface area contributed by atoms with Crippen LogP contribution in [0.5, 0.6) is 5.75 Å². The second-order valence-electron chi connectivity index (χ2n) is 4.81. The molecule has 104 valence electrons. The van der Waals surface area contributed by atoms with Crippen LogP contribution in [0.4, 0.5) is 5.69 Å². The van der Waals surface area contributed by atoms with Crippen LogP contribution >= 0.6 is 0 Å². The zero-order chi connectivity index (χ0) is 13.7. The van der Waals surface area contributed by atoms with Crippen molar-refractivity contribution in [3.63, 3.8) is 0 Å². The molecule has 0 aliphatic carbocycles. The first kappa shape index (κ1) is 13.7. The van der Waals surface area contributed by atoms with Crippen LogP contribution in [0, 0.1) is 5.92 Å². The fourth-order valence-corrected chi connectivity index (χ4v) is 2.23. The highest BCUT2D eigenvalue weighted by molar-refractivity contribution is 5.78. The fraction of sp³-hybridized carbons (Fsp3) is 0.500. The molecule has 0 bridgehead atoms. The van der Waals surface area contributed by atoms with E-state index in [1.54, 1.807) is 31.4 Å². The summed E-state index contributed by atoms with van der Waals surface area (Å²) < 4.78 is 10.6. The number of likely N-dealkylation sites (tertiary alicyclic amines) is 1. The fourth-order valence-electron chi connectivity index (χ4n) is 2.23. The van der Waals surface area contributed by atoms with Gasteiger partial charge in [-0.25, -0.2) is 0 Å². The molecule has 1 atom stereocenters. The second-order valence-corrected chi connectivity index (χ2v) is 4.81. The summed E-state index contributed by atoms with van der Waals surface area (Å²) in [7, 11) is 1.69. The zero-order valence-corrected chi connectivity index (χ0v) is 11.2. The van der Waals surface area contributed by atoms with E-state index in [9.17, 15) is 4.79 Å². The number of amides is 1. The Balaban J connectivity index is 1.77. The first-order valence-corrected chi connectivity index (χ1v) is 6.44. The molecule has 1 amide bonds. The lowest BCUT2D eigenvalue weighted by molar-refractivity contribution is -0.132. The molecule has 1 aromatic carbocycles. The summed E-state index contributed by atoms with van der Waals surface area (Å²) in [6.45, 7) is 2.34. The molecule has 1 aromatic rings. The van der Waals surface area contributed by atoms with E-state index in [1.807, 2.05) is 4.90 Å². The van der Waals surface area contributed by atoms with Gasteiger partial charge in [0.2, 0.25) is 0 Å². The predicted octanol–water partition coefficient (Wildman–Crippen LogP) is 1.14. The maximum atomic E-state index is 12.0. The van der Waals surface area contributed by atoms with Gasteiger partial charge >= 0.3 is 0 Å². The van der Waals surface area contributed by atoms with Crippen LogP contribution in [0.2, 0.25) is 0 Å². The number of benzene rings is 1. The molecule has 1 unspecified atom stereocenters. The molecule has 0 aromatic heterocycles. The summed E-state index contributed by atoms with van der Waals surface area (Å²) in [4.78, 5) is 13.8. The van der Waals surface area contributed by atoms with Gasteiger partial charge in [-0.05, 0) is 30.7 Å². The van der Waals surface area contributed by atoms with E-state index in [1.165, 1.54) is 0 Å². The maximum absolute atomic E-state index is 12.0. The number of nitrogens with zero attached hydrogens (tertiary/aromatic N) is 1. The van der Waals surface area contributed by atoms with Crippen LogP contribution in [0.25, 0.3) is 0 Å². The third kappa shape index (κ3) is 3.86. The monoisotopic (exact) mass is 264 g/mol. The van der Waals surface area contributed by atoms with E-state index in [4.69, 9.17) is 15.2 Å². The van der Waals surface area contributed by atoms with Gasteiger partial charge in [-0.1, -0.05) is 0 Å². The van der Waals surface area contributed by atoms with Crippen molar-refractivity contribution in [2.24, 2.45) is 5.92 Å². The quantitative estimate of drug-likeness (QED) is 0.810. The summed E-state index contributed by atoms with van der Waals surface area (Å²) >= 11 is 0. The number of carbonyl (C=O) groups excluding carboxylic acids is 1. The van der Waals surface area contributed by atoms with Gasteiger partial charge in [0.15, 0.2) is 6.61 Å². The molecule has 19 heavy (non-hydrogen) atoms.